The summed E-state index contributed by atoms with van der Waals surface area (Å²) in [5.74, 6) is -4.50. The van der Waals surface area contributed by atoms with Crippen LogP contribution in [0.5, 0.6) is 0 Å². The number of aldehydes is 1. The lowest BCUT2D eigenvalue weighted by molar-refractivity contribution is -0.391. The van der Waals surface area contributed by atoms with E-state index in [2.05, 4.69) is 40.7 Å². The molecule has 18 N–H and O–H groups in total. The summed E-state index contributed by atoms with van der Waals surface area (Å²) in [4.78, 5) is 56.7. The number of rotatable bonds is 19. The maximum absolute atomic E-state index is 16.2. The van der Waals surface area contributed by atoms with Crippen molar-refractivity contribution in [3.8, 4) is 0 Å². The van der Waals surface area contributed by atoms with Gasteiger partial charge in [-0.1, -0.05) is 53.2 Å². The normalized spacial score (nSPS) is 53.4. The molecule has 37 heteroatoms. The molecule has 4 saturated carbocycles. The van der Waals surface area contributed by atoms with Gasteiger partial charge >= 0.3 is 17.9 Å². The molecule has 42 unspecified atom stereocenters. The summed E-state index contributed by atoms with van der Waals surface area (Å²) in [6.45, 7) is 13.7. The fraction of sp³-hybridized carbons (Fsp3) is 0.917. The fourth-order valence-corrected chi connectivity index (χ4v) is 20.5. The van der Waals surface area contributed by atoms with Gasteiger partial charge in [0.15, 0.2) is 56.1 Å². The molecule has 7 saturated heterocycles. The van der Waals surface area contributed by atoms with Crippen molar-refractivity contribution >= 4 is 24.2 Å². The third-order valence-corrected chi connectivity index (χ3v) is 27.1. The van der Waals surface area contributed by atoms with Crippen molar-refractivity contribution in [1.29, 1.82) is 0 Å². The Morgan fingerprint density at radius 2 is 0.982 bits per heavy atom. The summed E-state index contributed by atoms with van der Waals surface area (Å²) in [6, 6.07) is 0. The lowest BCUT2D eigenvalue weighted by atomic mass is 9.33. The van der Waals surface area contributed by atoms with Crippen molar-refractivity contribution in [3.63, 3.8) is 0 Å². The zero-order chi connectivity index (χ0) is 79.6. The van der Waals surface area contributed by atoms with E-state index in [4.69, 9.17) is 71.1 Å². The Balaban J connectivity index is 0.841. The molecule has 109 heavy (non-hydrogen) atoms. The molecule has 0 amide bonds. The summed E-state index contributed by atoms with van der Waals surface area (Å²) >= 11 is 0. The second-order valence-electron chi connectivity index (χ2n) is 34.1. The molecule has 12 aliphatic rings. The predicted molar refractivity (Wildman–Crippen MR) is 356 cm³/mol. The minimum absolute atomic E-state index is 0.114. The van der Waals surface area contributed by atoms with Gasteiger partial charge in [-0.25, -0.2) is 4.79 Å². The van der Waals surface area contributed by atoms with Gasteiger partial charge in [-0.15, -0.1) is 0 Å². The van der Waals surface area contributed by atoms with Crippen LogP contribution in [0.3, 0.4) is 0 Å². The Kier molecular flexibility index (Phi) is 25.2. The highest BCUT2D eigenvalue weighted by molar-refractivity contribution is 5.79. The average molecular weight is 1570 g/mol. The van der Waals surface area contributed by atoms with Crippen molar-refractivity contribution in [3.05, 3.63) is 11.6 Å². The minimum atomic E-state index is -2.22. The molecule has 0 bridgehead atoms. The number of hydrogen-bond donors (Lipinski definition) is 18. The first kappa shape index (κ1) is 85.0. The molecule has 0 spiro atoms. The van der Waals surface area contributed by atoms with Gasteiger partial charge in [-0.3, -0.25) is 9.59 Å². The maximum Gasteiger partial charge on any atom is 0.335 e. The highest BCUT2D eigenvalue weighted by Gasteiger charge is 2.72. The SMILES string of the molecule is CC(=O)OC1C(C)OC(OC(=O)C23CCC(C)(C)CC2C2=CCC4C5(C)CCC(OC6OC(C(=O)O)C(O)C(OC7OCC(O)C(O)C7O)C6OC6OC(CO)C(O)C(O)C6O)C(C)(C=O)C5CCC4(C)C2(C)CC3)C(OC2OC(C)C(OC3OCC(O)C(O)C3O)C(O)C2O)C1OC1OC(CO)C(O)C(O)C1O. The van der Waals surface area contributed by atoms with Crippen LogP contribution in [0.4, 0.5) is 0 Å². The first-order chi connectivity index (χ1) is 51.1. The van der Waals surface area contributed by atoms with Crippen molar-refractivity contribution in [1.82, 2.24) is 0 Å². The number of carbonyl (C=O) groups is 4. The van der Waals surface area contributed by atoms with Crippen LogP contribution in [0.15, 0.2) is 11.6 Å². The predicted octanol–water partition coefficient (Wildman–Crippen LogP) is -5.39. The van der Waals surface area contributed by atoms with E-state index >= 15 is 4.79 Å². The van der Waals surface area contributed by atoms with Gasteiger partial charge in [-0.05, 0) is 117 Å². The largest absolute Gasteiger partial charge is 0.479 e. The van der Waals surface area contributed by atoms with Crippen LogP contribution in [0.1, 0.15) is 127 Å². The lowest BCUT2D eigenvalue weighted by Crippen LogP contribution is -2.69. The molecule has 622 valence electrons. The van der Waals surface area contributed by atoms with E-state index in [-0.39, 0.29) is 24.2 Å². The maximum atomic E-state index is 16.2. The second kappa shape index (κ2) is 32.3. The number of aliphatic hydroxyl groups excluding tert-OH is 17. The number of carboxylic acids is 1. The van der Waals surface area contributed by atoms with Crippen LogP contribution >= 0.6 is 0 Å². The van der Waals surface area contributed by atoms with Gasteiger partial charge in [-0.2, -0.15) is 0 Å². The van der Waals surface area contributed by atoms with Crippen LogP contribution in [-0.2, 0) is 90.2 Å². The first-order valence-corrected chi connectivity index (χ1v) is 37.8. The van der Waals surface area contributed by atoms with Crippen molar-refractivity contribution in [2.24, 2.45) is 50.2 Å². The Morgan fingerprint density at radius 3 is 1.53 bits per heavy atom. The first-order valence-electron chi connectivity index (χ1n) is 37.8. The zero-order valence-corrected chi connectivity index (χ0v) is 62.2. The van der Waals surface area contributed by atoms with Gasteiger partial charge in [0.1, 0.15) is 134 Å². The minimum Gasteiger partial charge on any atom is -0.479 e. The summed E-state index contributed by atoms with van der Waals surface area (Å²) in [5.41, 5.74) is -3.93. The summed E-state index contributed by atoms with van der Waals surface area (Å²) < 4.78 is 91.7. The molecule has 7 heterocycles. The fourth-order valence-electron chi connectivity index (χ4n) is 20.5. The standard InChI is InChI=1S/C72H112O37/c1-26-51(103-59-45(86)38(79)31(77)23-95-59)44(85)49(90)61(97-26)108-57-55(106-62-47(88)42(83)40(81)33(21-73)100-62)52(99-28(3)76)27(2)98-64(57)109-66(94)72-18-16-67(4,5)20-30(72)29-10-11-36-68(6)14-13-37(69(7,25-75)35(68)12-15-71(36,9)70(29,8)17-19-72)102-65-56(107-63-48(89)43(84)41(82)34(22-74)101-63)53(50(91)54(105-65)58(92)93)104-60-46(87)39(80)32(78)24-96-60/h10,25-27,30-57,59-65,73-74,77-91H,11-24H2,1-9H3,(H,92,93). The molecule has 37 nitrogen and oxygen atoms in total. The van der Waals surface area contributed by atoms with E-state index in [1.807, 2.05) is 0 Å². The summed E-state index contributed by atoms with van der Waals surface area (Å²) in [6.07, 6.45) is -54.5. The Bertz CT molecular complexity index is 3220. The number of allylic oxidation sites excluding steroid dienone is 2. The molecule has 42 atom stereocenters. The molecule has 0 radical (unpaired) electrons. The number of carboxylic acid groups (broad SMARTS) is 1. The number of ether oxygens (including phenoxy) is 15. The molecule has 7 aliphatic heterocycles. The van der Waals surface area contributed by atoms with Crippen LogP contribution in [0, 0.1) is 50.2 Å². The van der Waals surface area contributed by atoms with Crippen LogP contribution in [0.2, 0.25) is 0 Å². The van der Waals surface area contributed by atoms with E-state index in [0.717, 1.165) is 18.8 Å². The number of esters is 2. The third-order valence-electron chi connectivity index (χ3n) is 27.1. The van der Waals surface area contributed by atoms with Gasteiger partial charge < -0.3 is 168 Å². The Morgan fingerprint density at radius 1 is 0.486 bits per heavy atom. The smallest absolute Gasteiger partial charge is 0.335 e. The number of fused-ring (bicyclic) bond motifs is 7. The number of aliphatic carboxylic acids is 1. The number of carbonyl (C=O) groups excluding carboxylic acids is 3. The van der Waals surface area contributed by atoms with Gasteiger partial charge in [0, 0.05) is 6.92 Å². The van der Waals surface area contributed by atoms with Crippen molar-refractivity contribution in [2.45, 2.75) is 335 Å². The molecular formula is C72H112O37. The molecule has 0 aromatic rings. The highest BCUT2D eigenvalue weighted by atomic mass is 16.8. The van der Waals surface area contributed by atoms with Crippen LogP contribution in [0.25, 0.3) is 0 Å². The van der Waals surface area contributed by atoms with Crippen LogP contribution < -0.4 is 0 Å². The lowest BCUT2D eigenvalue weighted by Gasteiger charge is -2.71. The monoisotopic (exact) mass is 1570 g/mol. The zero-order valence-electron chi connectivity index (χ0n) is 62.2. The molecule has 12 rings (SSSR count). The number of hydrogen-bond acceptors (Lipinski definition) is 36. The van der Waals surface area contributed by atoms with E-state index in [1.165, 1.54) is 13.8 Å². The van der Waals surface area contributed by atoms with Gasteiger partial charge in [0.05, 0.1) is 55.6 Å². The van der Waals surface area contributed by atoms with Crippen LogP contribution in [-0.4, -0.2) is 351 Å². The number of aliphatic hydroxyl groups is 17. The topological polar surface area (TPSA) is 571 Å². The molecule has 11 fully saturated rings. The Labute approximate surface area is 628 Å². The summed E-state index contributed by atoms with van der Waals surface area (Å²) in [5, 5.41) is 196. The van der Waals surface area contributed by atoms with E-state index in [0.29, 0.717) is 51.4 Å². The molecule has 0 aromatic carbocycles. The van der Waals surface area contributed by atoms with Crippen molar-refractivity contribution < 1.29 is 182 Å². The summed E-state index contributed by atoms with van der Waals surface area (Å²) in [7, 11) is 0. The second-order valence-corrected chi connectivity index (χ2v) is 34.1. The van der Waals surface area contributed by atoms with Gasteiger partial charge in [0.25, 0.3) is 0 Å². The average Bonchev–Trinajstić information content (AvgIpc) is 0.673. The Hall–Kier alpha value is -3.38. The third kappa shape index (κ3) is 15.0. The van der Waals surface area contributed by atoms with E-state index < -0.39 is 292 Å². The van der Waals surface area contributed by atoms with E-state index in [9.17, 15) is 106 Å². The molecular weight excluding hydrogens is 1460 g/mol. The van der Waals surface area contributed by atoms with E-state index in [1.54, 1.807) is 6.92 Å². The molecule has 0 aromatic heterocycles. The van der Waals surface area contributed by atoms with Gasteiger partial charge in [0.2, 0.25) is 6.29 Å². The van der Waals surface area contributed by atoms with Crippen molar-refractivity contribution in [2.75, 3.05) is 26.4 Å². The highest BCUT2D eigenvalue weighted by Crippen LogP contribution is 2.76. The molecule has 5 aliphatic carbocycles. The quantitative estimate of drug-likeness (QED) is 0.0248.